The van der Waals surface area contributed by atoms with Gasteiger partial charge in [0.05, 0.1) is 12.4 Å². The van der Waals surface area contributed by atoms with E-state index in [0.29, 0.717) is 49.2 Å². The number of nitrogens with zero attached hydrogens (tertiary/aromatic N) is 2. The van der Waals surface area contributed by atoms with Crippen molar-refractivity contribution in [1.82, 2.24) is 9.21 Å². The van der Waals surface area contributed by atoms with Gasteiger partial charge in [-0.2, -0.15) is 0 Å². The van der Waals surface area contributed by atoms with E-state index in [1.807, 2.05) is 13.8 Å². The molecule has 3 rings (SSSR count). The van der Waals surface area contributed by atoms with Crippen LogP contribution < -0.4 is 0 Å². The summed E-state index contributed by atoms with van der Waals surface area (Å²) in [5.74, 6) is -3.15. The van der Waals surface area contributed by atoms with E-state index < -0.39 is 39.6 Å². The van der Waals surface area contributed by atoms with Crippen LogP contribution in [0.4, 0.5) is 8.78 Å². The zero-order valence-corrected chi connectivity index (χ0v) is 25.2. The fourth-order valence-corrected chi connectivity index (χ4v) is 6.67. The van der Waals surface area contributed by atoms with Gasteiger partial charge in [-0.15, -0.1) is 0 Å². The third kappa shape index (κ3) is 9.15. The molecule has 7 nitrogen and oxygen atoms in total. The van der Waals surface area contributed by atoms with Crippen LogP contribution in [0.2, 0.25) is 0 Å². The van der Waals surface area contributed by atoms with Gasteiger partial charge in [0.1, 0.15) is 11.6 Å². The van der Waals surface area contributed by atoms with Crippen LogP contribution in [0.15, 0.2) is 36.4 Å². The van der Waals surface area contributed by atoms with Gasteiger partial charge >= 0.3 is 0 Å². The van der Waals surface area contributed by atoms with Gasteiger partial charge in [0.2, 0.25) is 10.0 Å². The van der Waals surface area contributed by atoms with Crippen LogP contribution in [0, 0.1) is 30.4 Å². The van der Waals surface area contributed by atoms with Crippen LogP contribution in [0.25, 0.3) is 0 Å². The van der Waals surface area contributed by atoms with E-state index in [2.05, 4.69) is 0 Å². The Hall–Kier alpha value is -2.69. The first kappa shape index (κ1) is 32.8. The highest BCUT2D eigenvalue weighted by atomic mass is 32.2. The topological polar surface area (TPSA) is 95.0 Å². The van der Waals surface area contributed by atoms with Gasteiger partial charge in [-0.1, -0.05) is 13.8 Å². The molecule has 2 aromatic carbocycles. The molecule has 1 fully saturated rings. The fourth-order valence-electron chi connectivity index (χ4n) is 5.74. The van der Waals surface area contributed by atoms with Gasteiger partial charge in [0, 0.05) is 49.8 Å². The molecular formula is C31H42F2N2O5S. The van der Waals surface area contributed by atoms with E-state index in [4.69, 9.17) is 0 Å². The number of hydrogen-bond acceptors (Lipinski definition) is 5. The summed E-state index contributed by atoms with van der Waals surface area (Å²) in [6, 6.07) is 8.14. The van der Waals surface area contributed by atoms with Gasteiger partial charge in [0.25, 0.3) is 5.91 Å². The van der Waals surface area contributed by atoms with Crippen molar-refractivity contribution in [2.24, 2.45) is 11.8 Å². The first-order valence-electron chi connectivity index (χ1n) is 14.3. The summed E-state index contributed by atoms with van der Waals surface area (Å²) in [5.41, 5.74) is 1.78. The van der Waals surface area contributed by atoms with E-state index in [1.54, 1.807) is 30.0 Å². The zero-order chi connectivity index (χ0) is 30.3. The number of benzene rings is 2. The van der Waals surface area contributed by atoms with Crippen LogP contribution in [0.1, 0.15) is 77.8 Å². The highest BCUT2D eigenvalue weighted by Gasteiger charge is 2.35. The second-order valence-electron chi connectivity index (χ2n) is 11.3. The summed E-state index contributed by atoms with van der Waals surface area (Å²) in [5, 5.41) is 11.5. The Morgan fingerprint density at radius 2 is 1.63 bits per heavy atom. The number of aliphatic hydroxyl groups excluding tert-OH is 1. The molecule has 1 saturated heterocycles. The summed E-state index contributed by atoms with van der Waals surface area (Å²) < 4.78 is 53.7. The van der Waals surface area contributed by atoms with Crippen LogP contribution in [-0.4, -0.2) is 73.0 Å². The number of aryl methyl sites for hydroxylation is 1. The normalized spacial score (nSPS) is 17.7. The average Bonchev–Trinajstić information content (AvgIpc) is 2.90. The molecular weight excluding hydrogens is 550 g/mol. The highest BCUT2D eigenvalue weighted by molar-refractivity contribution is 7.88. The van der Waals surface area contributed by atoms with Crippen molar-refractivity contribution < 1.29 is 31.9 Å². The maximum Gasteiger partial charge on any atom is 0.253 e. The van der Waals surface area contributed by atoms with Crippen molar-refractivity contribution in [3.05, 3.63) is 70.3 Å². The first-order chi connectivity index (χ1) is 19.3. The number of ketones is 1. The SMILES string of the molecule is CCCN(CCC)C(=O)c1cc(C)cc(C(=O)C[C@@H](Cc2cc(F)cc(F)c2)[C@H](O)[C@@H]2CCCN(S(C)(=O)=O)C2)c1. The van der Waals surface area contributed by atoms with E-state index in [9.17, 15) is 31.9 Å². The van der Waals surface area contributed by atoms with E-state index >= 15 is 0 Å². The third-order valence-corrected chi connectivity index (χ3v) is 8.91. The predicted molar refractivity (Wildman–Crippen MR) is 155 cm³/mol. The molecule has 226 valence electrons. The number of rotatable bonds is 13. The lowest BCUT2D eigenvalue weighted by Gasteiger charge is -2.36. The highest BCUT2D eigenvalue weighted by Crippen LogP contribution is 2.30. The molecule has 1 aliphatic rings. The summed E-state index contributed by atoms with van der Waals surface area (Å²) in [7, 11) is -3.47. The van der Waals surface area contributed by atoms with E-state index in [0.717, 1.165) is 30.7 Å². The lowest BCUT2D eigenvalue weighted by molar-refractivity contribution is 0.0232. The molecule has 2 aromatic rings. The lowest BCUT2D eigenvalue weighted by atomic mass is 9.79. The summed E-state index contributed by atoms with van der Waals surface area (Å²) in [4.78, 5) is 28.7. The first-order valence-corrected chi connectivity index (χ1v) is 16.2. The number of amides is 1. The smallest absolute Gasteiger partial charge is 0.253 e. The molecule has 1 amide bonds. The van der Waals surface area contributed by atoms with E-state index in [-0.39, 0.29) is 31.1 Å². The van der Waals surface area contributed by atoms with E-state index in [1.165, 1.54) is 16.4 Å². The Bertz CT molecular complexity index is 1310. The second kappa shape index (κ2) is 14.5. The molecule has 1 heterocycles. The quantitative estimate of drug-likeness (QED) is 0.331. The standard InChI is InChI=1S/C31H42F2N2O5S/c1-5-9-34(10-6-2)31(38)26-13-21(3)12-24(17-26)29(36)18-25(14-22-15-27(32)19-28(33)16-22)30(37)23-8-7-11-35(20-23)41(4,39)40/h12-13,15-17,19,23,25,30,37H,5-11,14,18,20H2,1-4H3/t23-,25-,30-/m1/s1. The Labute approximate surface area is 242 Å². The van der Waals surface area contributed by atoms with Crippen molar-refractivity contribution in [3.8, 4) is 0 Å². The lowest BCUT2D eigenvalue weighted by Crippen LogP contribution is -2.45. The van der Waals surface area contributed by atoms with Gasteiger partial charge in [-0.3, -0.25) is 9.59 Å². The summed E-state index contributed by atoms with van der Waals surface area (Å²) in [6.07, 6.45) is 2.64. The monoisotopic (exact) mass is 592 g/mol. The number of aliphatic hydroxyl groups is 1. The Kier molecular flexibility index (Phi) is 11.6. The van der Waals surface area contributed by atoms with Crippen LogP contribution in [0.3, 0.4) is 0 Å². The number of carbonyl (C=O) groups excluding carboxylic acids is 2. The second-order valence-corrected chi connectivity index (χ2v) is 13.2. The molecule has 3 atom stereocenters. The Balaban J connectivity index is 1.91. The number of hydrogen-bond donors (Lipinski definition) is 1. The molecule has 0 radical (unpaired) electrons. The largest absolute Gasteiger partial charge is 0.392 e. The van der Waals surface area contributed by atoms with Gasteiger partial charge in [-0.05, 0) is 92.3 Å². The minimum Gasteiger partial charge on any atom is -0.392 e. The molecule has 41 heavy (non-hydrogen) atoms. The maximum atomic E-state index is 14.0. The predicted octanol–water partition coefficient (Wildman–Crippen LogP) is 5.00. The number of carbonyl (C=O) groups is 2. The van der Waals surface area contributed by atoms with Crippen molar-refractivity contribution in [3.63, 3.8) is 0 Å². The maximum absolute atomic E-state index is 14.0. The number of Topliss-reactive ketones (excluding diaryl/α,β-unsaturated/α-hetero) is 1. The minimum atomic E-state index is -3.47. The number of sulfonamides is 1. The summed E-state index contributed by atoms with van der Waals surface area (Å²) in [6.45, 7) is 7.48. The molecule has 1 aliphatic heterocycles. The van der Waals surface area contributed by atoms with Gasteiger partial charge in [-0.25, -0.2) is 21.5 Å². The van der Waals surface area contributed by atoms with Crippen LogP contribution >= 0.6 is 0 Å². The van der Waals surface area contributed by atoms with Crippen LogP contribution in [0.5, 0.6) is 0 Å². The molecule has 0 bridgehead atoms. The minimum absolute atomic E-state index is 0.0232. The van der Waals surface area contributed by atoms with Crippen molar-refractivity contribution in [2.75, 3.05) is 32.4 Å². The molecule has 10 heteroatoms. The average molecular weight is 593 g/mol. The van der Waals surface area contributed by atoms with Crippen molar-refractivity contribution in [1.29, 1.82) is 0 Å². The molecule has 0 saturated carbocycles. The summed E-state index contributed by atoms with van der Waals surface area (Å²) >= 11 is 0. The molecule has 0 aliphatic carbocycles. The van der Waals surface area contributed by atoms with Crippen LogP contribution in [-0.2, 0) is 16.4 Å². The van der Waals surface area contributed by atoms with Crippen molar-refractivity contribution >= 4 is 21.7 Å². The third-order valence-electron chi connectivity index (χ3n) is 7.64. The van der Waals surface area contributed by atoms with Gasteiger partial charge in [0.15, 0.2) is 5.78 Å². The zero-order valence-electron chi connectivity index (χ0n) is 24.4. The number of piperidine rings is 1. The Morgan fingerprint density at radius 3 is 2.22 bits per heavy atom. The molecule has 0 unspecified atom stereocenters. The van der Waals surface area contributed by atoms with Gasteiger partial charge < -0.3 is 10.0 Å². The molecule has 1 N–H and O–H groups in total. The van der Waals surface area contributed by atoms with Crippen molar-refractivity contribution in [2.45, 2.75) is 65.4 Å². The fraction of sp³-hybridized carbons (Fsp3) is 0.548. The molecule has 0 spiro atoms. The Morgan fingerprint density at radius 1 is 1.02 bits per heavy atom. The molecule has 0 aromatic heterocycles. The number of halogens is 2.